The van der Waals surface area contributed by atoms with Gasteiger partial charge in [-0.25, -0.2) is 9.97 Å². The average molecular weight is 327 g/mol. The third kappa shape index (κ3) is 3.96. The van der Waals surface area contributed by atoms with Crippen LogP contribution >= 0.6 is 11.6 Å². The Morgan fingerprint density at radius 1 is 1.13 bits per heavy atom. The smallest absolute Gasteiger partial charge is 0.164 e. The van der Waals surface area contributed by atoms with Crippen molar-refractivity contribution in [2.24, 2.45) is 0 Å². The van der Waals surface area contributed by atoms with Crippen LogP contribution in [0.1, 0.15) is 6.92 Å². The first-order valence-electron chi connectivity index (χ1n) is 7.19. The highest BCUT2D eigenvalue weighted by molar-refractivity contribution is 6.29. The first-order valence-corrected chi connectivity index (χ1v) is 7.57. The Labute approximate surface area is 139 Å². The van der Waals surface area contributed by atoms with Crippen molar-refractivity contribution in [2.75, 3.05) is 11.9 Å². The van der Waals surface area contributed by atoms with Crippen molar-refractivity contribution in [2.45, 2.75) is 6.92 Å². The van der Waals surface area contributed by atoms with E-state index in [2.05, 4.69) is 20.3 Å². The van der Waals surface area contributed by atoms with E-state index in [9.17, 15) is 0 Å². The molecule has 0 aliphatic heterocycles. The van der Waals surface area contributed by atoms with Crippen molar-refractivity contribution in [1.29, 1.82) is 0 Å². The molecule has 23 heavy (non-hydrogen) atoms. The molecule has 0 unspecified atom stereocenters. The maximum Gasteiger partial charge on any atom is 0.164 e. The summed E-state index contributed by atoms with van der Waals surface area (Å²) in [6.45, 7) is 2.60. The average Bonchev–Trinajstić information content (AvgIpc) is 2.57. The van der Waals surface area contributed by atoms with E-state index in [-0.39, 0.29) is 0 Å². The number of hydrogen-bond acceptors (Lipinski definition) is 5. The fourth-order valence-electron chi connectivity index (χ4n) is 2.05. The number of rotatable bonds is 5. The maximum atomic E-state index is 6.10. The zero-order chi connectivity index (χ0) is 16.1. The summed E-state index contributed by atoms with van der Waals surface area (Å²) in [5.41, 5.74) is 1.70. The number of pyridine rings is 1. The van der Waals surface area contributed by atoms with Crippen LogP contribution in [0.3, 0.4) is 0 Å². The van der Waals surface area contributed by atoms with E-state index in [1.54, 1.807) is 18.5 Å². The Hall–Kier alpha value is -2.66. The standard InChI is InChI=1S/C17H15ClN4O/c1-2-23-14-7-5-13(6-8-14)20-16-10-15(18)21-17(22-16)12-4-3-9-19-11-12/h3-11H,2H2,1H3,(H,20,21,22). The number of nitrogens with one attached hydrogen (secondary N) is 1. The van der Waals surface area contributed by atoms with Crippen molar-refractivity contribution >= 4 is 23.1 Å². The predicted octanol–water partition coefficient (Wildman–Crippen LogP) is 4.33. The van der Waals surface area contributed by atoms with Gasteiger partial charge < -0.3 is 10.1 Å². The van der Waals surface area contributed by atoms with E-state index in [0.717, 1.165) is 17.0 Å². The van der Waals surface area contributed by atoms with Crippen LogP contribution in [-0.2, 0) is 0 Å². The van der Waals surface area contributed by atoms with Crippen LogP contribution in [0.25, 0.3) is 11.4 Å². The first-order chi connectivity index (χ1) is 11.2. The molecule has 1 N–H and O–H groups in total. The summed E-state index contributed by atoms with van der Waals surface area (Å²) in [6, 6.07) is 13.0. The zero-order valence-electron chi connectivity index (χ0n) is 12.5. The van der Waals surface area contributed by atoms with E-state index >= 15 is 0 Å². The number of ether oxygens (including phenoxy) is 1. The van der Waals surface area contributed by atoms with Crippen molar-refractivity contribution in [1.82, 2.24) is 15.0 Å². The minimum absolute atomic E-state index is 0.368. The molecule has 0 saturated heterocycles. The predicted molar refractivity (Wildman–Crippen MR) is 91.2 cm³/mol. The normalized spacial score (nSPS) is 10.3. The lowest BCUT2D eigenvalue weighted by Gasteiger charge is -2.09. The number of halogens is 1. The summed E-state index contributed by atoms with van der Waals surface area (Å²) >= 11 is 6.10. The molecule has 0 aliphatic carbocycles. The van der Waals surface area contributed by atoms with Crippen molar-refractivity contribution in [3.8, 4) is 17.1 Å². The summed E-state index contributed by atoms with van der Waals surface area (Å²) < 4.78 is 5.43. The fourth-order valence-corrected chi connectivity index (χ4v) is 2.24. The van der Waals surface area contributed by atoms with Gasteiger partial charge in [-0.05, 0) is 43.3 Å². The number of benzene rings is 1. The highest BCUT2D eigenvalue weighted by Gasteiger charge is 2.06. The summed E-state index contributed by atoms with van der Waals surface area (Å²) in [5.74, 6) is 1.97. The maximum absolute atomic E-state index is 6.10. The third-order valence-electron chi connectivity index (χ3n) is 3.05. The number of aromatic nitrogens is 3. The fraction of sp³-hybridized carbons (Fsp3) is 0.118. The number of hydrogen-bond donors (Lipinski definition) is 1. The Bertz CT molecular complexity index is 778. The first kappa shape index (κ1) is 15.2. The minimum atomic E-state index is 0.368. The minimum Gasteiger partial charge on any atom is -0.494 e. The highest BCUT2D eigenvalue weighted by Crippen LogP contribution is 2.23. The lowest BCUT2D eigenvalue weighted by atomic mass is 10.2. The second kappa shape index (κ2) is 7.07. The number of nitrogens with zero attached hydrogens (tertiary/aromatic N) is 3. The van der Waals surface area contributed by atoms with Gasteiger partial charge in [0.05, 0.1) is 6.61 Å². The Kier molecular flexibility index (Phi) is 4.68. The van der Waals surface area contributed by atoms with Crippen molar-refractivity contribution in [3.63, 3.8) is 0 Å². The summed E-state index contributed by atoms with van der Waals surface area (Å²) in [6.07, 6.45) is 3.40. The molecule has 0 aliphatic rings. The van der Waals surface area contributed by atoms with Gasteiger partial charge in [-0.15, -0.1) is 0 Å². The largest absolute Gasteiger partial charge is 0.494 e. The van der Waals surface area contributed by atoms with Crippen LogP contribution in [0, 0.1) is 0 Å². The monoisotopic (exact) mass is 326 g/mol. The van der Waals surface area contributed by atoms with Gasteiger partial charge in [0, 0.05) is 29.7 Å². The van der Waals surface area contributed by atoms with Crippen LogP contribution in [0.15, 0.2) is 54.9 Å². The van der Waals surface area contributed by atoms with Gasteiger partial charge in [-0.3, -0.25) is 4.98 Å². The molecule has 3 aromatic rings. The van der Waals surface area contributed by atoms with E-state index in [1.807, 2.05) is 43.3 Å². The summed E-state index contributed by atoms with van der Waals surface area (Å²) in [7, 11) is 0. The van der Waals surface area contributed by atoms with E-state index in [0.29, 0.717) is 23.4 Å². The van der Waals surface area contributed by atoms with Gasteiger partial charge in [-0.2, -0.15) is 0 Å². The van der Waals surface area contributed by atoms with Crippen LogP contribution in [0.2, 0.25) is 5.15 Å². The molecule has 3 rings (SSSR count). The molecule has 2 aromatic heterocycles. The van der Waals surface area contributed by atoms with Gasteiger partial charge >= 0.3 is 0 Å². The van der Waals surface area contributed by atoms with Crippen LogP contribution in [0.5, 0.6) is 5.75 Å². The molecular formula is C17H15ClN4O. The van der Waals surface area contributed by atoms with Gasteiger partial charge in [0.2, 0.25) is 0 Å². The van der Waals surface area contributed by atoms with Gasteiger partial charge in [0.15, 0.2) is 5.82 Å². The van der Waals surface area contributed by atoms with Crippen LogP contribution in [0.4, 0.5) is 11.5 Å². The van der Waals surface area contributed by atoms with Gasteiger partial charge in [-0.1, -0.05) is 11.6 Å². The molecule has 1 aromatic carbocycles. The molecule has 2 heterocycles. The summed E-state index contributed by atoms with van der Waals surface area (Å²) in [4.78, 5) is 12.8. The molecular weight excluding hydrogens is 312 g/mol. The molecule has 0 amide bonds. The van der Waals surface area contributed by atoms with Gasteiger partial charge in [0.1, 0.15) is 16.7 Å². The van der Waals surface area contributed by atoms with E-state index < -0.39 is 0 Å². The Balaban J connectivity index is 1.84. The SMILES string of the molecule is CCOc1ccc(Nc2cc(Cl)nc(-c3cccnc3)n2)cc1. The lowest BCUT2D eigenvalue weighted by Crippen LogP contribution is -1.98. The Morgan fingerprint density at radius 3 is 2.65 bits per heavy atom. The van der Waals surface area contributed by atoms with Crippen molar-refractivity contribution in [3.05, 3.63) is 60.0 Å². The van der Waals surface area contributed by atoms with E-state index in [1.165, 1.54) is 0 Å². The lowest BCUT2D eigenvalue weighted by molar-refractivity contribution is 0.340. The molecule has 0 radical (unpaired) electrons. The quantitative estimate of drug-likeness (QED) is 0.707. The van der Waals surface area contributed by atoms with Crippen molar-refractivity contribution < 1.29 is 4.74 Å². The molecule has 0 bridgehead atoms. The van der Waals surface area contributed by atoms with Gasteiger partial charge in [0.25, 0.3) is 0 Å². The van der Waals surface area contributed by atoms with Crippen LogP contribution < -0.4 is 10.1 Å². The molecule has 5 nitrogen and oxygen atoms in total. The topological polar surface area (TPSA) is 59.9 Å². The van der Waals surface area contributed by atoms with Crippen LogP contribution in [-0.4, -0.2) is 21.6 Å². The molecule has 0 fully saturated rings. The molecule has 0 spiro atoms. The Morgan fingerprint density at radius 2 is 1.96 bits per heavy atom. The highest BCUT2D eigenvalue weighted by atomic mass is 35.5. The third-order valence-corrected chi connectivity index (χ3v) is 3.25. The molecule has 116 valence electrons. The molecule has 6 heteroatoms. The summed E-state index contributed by atoms with van der Waals surface area (Å²) in [5, 5.41) is 3.58. The number of anilines is 2. The molecule has 0 atom stereocenters. The zero-order valence-corrected chi connectivity index (χ0v) is 13.3. The van der Waals surface area contributed by atoms with E-state index in [4.69, 9.17) is 16.3 Å². The second-order valence-electron chi connectivity index (χ2n) is 4.72. The second-order valence-corrected chi connectivity index (χ2v) is 5.11. The molecule has 0 saturated carbocycles.